The van der Waals surface area contributed by atoms with Gasteiger partial charge in [0.25, 0.3) is 0 Å². The quantitative estimate of drug-likeness (QED) is 0.548. The Morgan fingerprint density at radius 1 is 1.11 bits per heavy atom. The van der Waals surface area contributed by atoms with E-state index in [-0.39, 0.29) is 25.0 Å². The summed E-state index contributed by atoms with van der Waals surface area (Å²) in [6.45, 7) is 4.46. The fraction of sp³-hybridized carbons (Fsp3) is 0.423. The zero-order valence-electron chi connectivity index (χ0n) is 20.4. The smallest absolute Gasteiger partial charge is 0.224 e. The number of carbonyl (C=O) groups excluding carboxylic acids is 1. The SMILES string of the molecule is COc1cccc2c1OCc1cn(nn1)CCOc1cccc(c1)CC(=O)NCC1CN(CCO1)C2. The summed E-state index contributed by atoms with van der Waals surface area (Å²) in [7, 11) is 1.64. The minimum Gasteiger partial charge on any atom is -0.493 e. The molecule has 10 heteroatoms. The Morgan fingerprint density at radius 2 is 2.03 bits per heavy atom. The first-order valence-corrected chi connectivity index (χ1v) is 12.2. The number of amides is 1. The van der Waals surface area contributed by atoms with Gasteiger partial charge in [0.1, 0.15) is 24.7 Å². The molecule has 6 bridgehead atoms. The van der Waals surface area contributed by atoms with Crippen molar-refractivity contribution < 1.29 is 23.7 Å². The summed E-state index contributed by atoms with van der Waals surface area (Å²) in [5, 5.41) is 11.5. The van der Waals surface area contributed by atoms with E-state index in [2.05, 4.69) is 20.5 Å². The molecule has 2 aliphatic rings. The average Bonchev–Trinajstić information content (AvgIpc) is 3.34. The van der Waals surface area contributed by atoms with Gasteiger partial charge in [0.15, 0.2) is 11.5 Å². The van der Waals surface area contributed by atoms with E-state index < -0.39 is 0 Å². The number of hydrogen-bond acceptors (Lipinski definition) is 8. The highest BCUT2D eigenvalue weighted by Crippen LogP contribution is 2.33. The molecule has 2 aliphatic heterocycles. The molecule has 5 rings (SSSR count). The van der Waals surface area contributed by atoms with Crippen LogP contribution >= 0.6 is 0 Å². The summed E-state index contributed by atoms with van der Waals surface area (Å²) < 4.78 is 25.3. The molecule has 2 unspecified atom stereocenters. The molecule has 2 atom stereocenters. The molecule has 3 heterocycles. The van der Waals surface area contributed by atoms with Gasteiger partial charge in [-0.3, -0.25) is 9.69 Å². The van der Waals surface area contributed by atoms with E-state index >= 15 is 0 Å². The summed E-state index contributed by atoms with van der Waals surface area (Å²) in [6.07, 6.45) is 2.05. The lowest BCUT2D eigenvalue weighted by atomic mass is 10.1. The standard InChI is InChI=1S/C26H31N5O5/c1-33-24-7-3-5-20-15-30-8-10-35-23(17-30)14-27-25(32)13-19-4-2-6-22(12-19)34-11-9-31-16-21(28-29-31)18-36-26(20)24/h2-7,12,16,23H,8-11,13-15,17-18H2,1H3,(H,27,32). The molecule has 0 spiro atoms. The van der Waals surface area contributed by atoms with Crippen LogP contribution in [0.1, 0.15) is 16.8 Å². The largest absolute Gasteiger partial charge is 0.493 e. The first kappa shape index (κ1) is 24.1. The average molecular weight is 494 g/mol. The molecule has 190 valence electrons. The van der Waals surface area contributed by atoms with Crippen molar-refractivity contribution in [2.75, 3.05) is 40.0 Å². The van der Waals surface area contributed by atoms with Crippen molar-refractivity contribution in [2.45, 2.75) is 32.2 Å². The minimum atomic E-state index is -0.0866. The number of para-hydroxylation sites is 1. The van der Waals surface area contributed by atoms with E-state index in [1.807, 2.05) is 48.7 Å². The maximum atomic E-state index is 12.6. The van der Waals surface area contributed by atoms with Gasteiger partial charge in [0, 0.05) is 31.7 Å². The number of carbonyl (C=O) groups is 1. The van der Waals surface area contributed by atoms with Crippen molar-refractivity contribution in [3.05, 3.63) is 65.5 Å². The van der Waals surface area contributed by atoms with E-state index in [9.17, 15) is 4.79 Å². The van der Waals surface area contributed by atoms with Crippen LogP contribution in [0.25, 0.3) is 0 Å². The Kier molecular flexibility index (Phi) is 7.63. The van der Waals surface area contributed by atoms with E-state index in [0.717, 1.165) is 23.4 Å². The van der Waals surface area contributed by atoms with Crippen molar-refractivity contribution in [1.82, 2.24) is 25.2 Å². The van der Waals surface area contributed by atoms with Crippen LogP contribution in [0, 0.1) is 0 Å². The highest BCUT2D eigenvalue weighted by molar-refractivity contribution is 5.78. The Labute approximate surface area is 210 Å². The lowest BCUT2D eigenvalue weighted by molar-refractivity contribution is -0.121. The minimum absolute atomic E-state index is 0.0441. The molecule has 1 saturated heterocycles. The molecule has 0 saturated carbocycles. The second kappa shape index (κ2) is 11.4. The predicted octanol–water partition coefficient (Wildman–Crippen LogP) is 1.82. The van der Waals surface area contributed by atoms with E-state index in [0.29, 0.717) is 56.6 Å². The third kappa shape index (κ3) is 6.13. The number of benzene rings is 2. The molecule has 0 radical (unpaired) electrons. The van der Waals surface area contributed by atoms with Crippen LogP contribution in [0.15, 0.2) is 48.7 Å². The van der Waals surface area contributed by atoms with Crippen molar-refractivity contribution in [3.63, 3.8) is 0 Å². The van der Waals surface area contributed by atoms with Gasteiger partial charge in [-0.2, -0.15) is 0 Å². The second-order valence-electron chi connectivity index (χ2n) is 8.91. The van der Waals surface area contributed by atoms with Gasteiger partial charge in [0.2, 0.25) is 5.91 Å². The van der Waals surface area contributed by atoms with Gasteiger partial charge in [-0.15, -0.1) is 5.10 Å². The van der Waals surface area contributed by atoms with Crippen LogP contribution in [0.3, 0.4) is 0 Å². The maximum Gasteiger partial charge on any atom is 0.224 e. The number of fused-ring (bicyclic) bond motifs is 7. The Balaban J connectivity index is 1.37. The molecular formula is C26H31N5O5. The number of nitrogens with one attached hydrogen (secondary N) is 1. The highest BCUT2D eigenvalue weighted by atomic mass is 16.5. The summed E-state index contributed by atoms with van der Waals surface area (Å²) in [5.41, 5.74) is 2.63. The third-order valence-electron chi connectivity index (χ3n) is 6.23. The first-order valence-electron chi connectivity index (χ1n) is 12.2. The molecule has 0 aliphatic carbocycles. The summed E-state index contributed by atoms with van der Waals surface area (Å²) >= 11 is 0. The topological polar surface area (TPSA) is 100.0 Å². The van der Waals surface area contributed by atoms with Crippen molar-refractivity contribution in [1.29, 1.82) is 0 Å². The van der Waals surface area contributed by atoms with Crippen LogP contribution in [-0.2, 0) is 35.6 Å². The monoisotopic (exact) mass is 493 g/mol. The van der Waals surface area contributed by atoms with Gasteiger partial charge in [-0.25, -0.2) is 4.68 Å². The summed E-state index contributed by atoms with van der Waals surface area (Å²) in [4.78, 5) is 14.9. The molecule has 10 nitrogen and oxygen atoms in total. The lowest BCUT2D eigenvalue weighted by Gasteiger charge is -2.33. The van der Waals surface area contributed by atoms with E-state index in [1.54, 1.807) is 11.8 Å². The fourth-order valence-corrected chi connectivity index (χ4v) is 4.44. The third-order valence-corrected chi connectivity index (χ3v) is 6.23. The van der Waals surface area contributed by atoms with Crippen LogP contribution in [0.2, 0.25) is 0 Å². The van der Waals surface area contributed by atoms with Crippen molar-refractivity contribution >= 4 is 5.91 Å². The highest BCUT2D eigenvalue weighted by Gasteiger charge is 2.23. The lowest BCUT2D eigenvalue weighted by Crippen LogP contribution is -2.47. The maximum absolute atomic E-state index is 12.6. The zero-order valence-corrected chi connectivity index (χ0v) is 20.4. The Hall–Kier alpha value is -3.63. The number of rotatable bonds is 1. The van der Waals surface area contributed by atoms with Crippen LogP contribution in [0.4, 0.5) is 0 Å². The molecule has 1 amide bonds. The van der Waals surface area contributed by atoms with E-state index in [1.165, 1.54) is 0 Å². The Bertz CT molecular complexity index is 1180. The summed E-state index contributed by atoms with van der Waals surface area (Å²) in [5.74, 6) is 2.03. The van der Waals surface area contributed by atoms with Crippen LogP contribution in [0.5, 0.6) is 17.2 Å². The number of morpholine rings is 1. The van der Waals surface area contributed by atoms with Gasteiger partial charge >= 0.3 is 0 Å². The molecule has 1 aromatic heterocycles. The predicted molar refractivity (Wildman–Crippen MR) is 131 cm³/mol. The van der Waals surface area contributed by atoms with Gasteiger partial charge < -0.3 is 24.3 Å². The first-order chi connectivity index (χ1) is 17.7. The molecule has 3 aromatic rings. The molecule has 1 fully saturated rings. The number of nitrogens with zero attached hydrogens (tertiary/aromatic N) is 4. The van der Waals surface area contributed by atoms with Gasteiger partial charge in [-0.1, -0.05) is 29.5 Å². The zero-order chi connectivity index (χ0) is 24.7. The van der Waals surface area contributed by atoms with Gasteiger partial charge in [-0.05, 0) is 23.8 Å². The molecule has 36 heavy (non-hydrogen) atoms. The number of hydrogen-bond donors (Lipinski definition) is 1. The normalized spacial score (nSPS) is 21.1. The molecule has 2 aromatic carbocycles. The Morgan fingerprint density at radius 3 is 2.94 bits per heavy atom. The summed E-state index contributed by atoms with van der Waals surface area (Å²) in [6, 6.07) is 13.5. The fourth-order valence-electron chi connectivity index (χ4n) is 4.44. The second-order valence-corrected chi connectivity index (χ2v) is 8.91. The van der Waals surface area contributed by atoms with Crippen LogP contribution in [-0.4, -0.2) is 71.9 Å². The van der Waals surface area contributed by atoms with Gasteiger partial charge in [0.05, 0.1) is 39.0 Å². The number of aromatic nitrogens is 3. The van der Waals surface area contributed by atoms with Crippen molar-refractivity contribution in [2.24, 2.45) is 0 Å². The molecule has 1 N–H and O–H groups in total. The molecular weight excluding hydrogens is 462 g/mol. The number of methoxy groups -OCH3 is 1. The van der Waals surface area contributed by atoms with E-state index in [4.69, 9.17) is 18.9 Å². The van der Waals surface area contributed by atoms with Crippen molar-refractivity contribution in [3.8, 4) is 17.2 Å². The number of ether oxygens (including phenoxy) is 4. The van der Waals surface area contributed by atoms with Crippen LogP contribution < -0.4 is 19.5 Å².